The maximum atomic E-state index is 6.10. The summed E-state index contributed by atoms with van der Waals surface area (Å²) in [6, 6.07) is 16.8. The first kappa shape index (κ1) is 18.6. The third kappa shape index (κ3) is 4.73. The van der Waals surface area contributed by atoms with Gasteiger partial charge in [-0.3, -0.25) is 0 Å². The molecule has 0 radical (unpaired) electrons. The van der Waals surface area contributed by atoms with Gasteiger partial charge in [0.25, 0.3) is 6.01 Å². The quantitative estimate of drug-likeness (QED) is 0.592. The van der Waals surface area contributed by atoms with Gasteiger partial charge in [0.15, 0.2) is 5.76 Å². The van der Waals surface area contributed by atoms with Gasteiger partial charge in [-0.25, -0.2) is 4.98 Å². The molecule has 2 aromatic carbocycles. The van der Waals surface area contributed by atoms with E-state index >= 15 is 0 Å². The number of hydrogen-bond acceptors (Lipinski definition) is 5. The predicted octanol–water partition coefficient (Wildman–Crippen LogP) is 5.47. The summed E-state index contributed by atoms with van der Waals surface area (Å²) in [7, 11) is 4.13. The second kappa shape index (κ2) is 8.48. The molecule has 0 saturated heterocycles. The van der Waals surface area contributed by atoms with Crippen LogP contribution in [0.5, 0.6) is 5.75 Å². The van der Waals surface area contributed by atoms with E-state index in [1.54, 1.807) is 6.20 Å². The molecule has 1 heterocycles. The number of anilines is 2. The molecule has 1 fully saturated rings. The fraction of sp³-hybridized carbons (Fsp3) is 0.348. The Hall–Kier alpha value is -2.79. The fourth-order valence-corrected chi connectivity index (χ4v) is 3.57. The predicted molar refractivity (Wildman–Crippen MR) is 112 cm³/mol. The summed E-state index contributed by atoms with van der Waals surface area (Å²) in [5.74, 6) is 1.62. The lowest BCUT2D eigenvalue weighted by atomic mass is 10.2. The van der Waals surface area contributed by atoms with Crippen LogP contribution in [0.2, 0.25) is 0 Å². The first-order valence-electron chi connectivity index (χ1n) is 9.89. The third-order valence-corrected chi connectivity index (χ3v) is 4.93. The zero-order valence-electron chi connectivity index (χ0n) is 16.5. The van der Waals surface area contributed by atoms with Gasteiger partial charge in [0.2, 0.25) is 0 Å². The standard InChI is InChI=1S/C23H27N3O2/c1-26(2)16-17-10-12-19(13-11-17)25-23-24-15-22(28-23)18-6-5-9-21(14-18)27-20-7-3-4-8-20/h5-6,9-15,20H,3-4,7-8,16H2,1-2H3,(H,24,25). The first-order valence-corrected chi connectivity index (χ1v) is 9.89. The molecule has 28 heavy (non-hydrogen) atoms. The molecular formula is C23H27N3O2. The normalized spacial score (nSPS) is 14.5. The average Bonchev–Trinajstić information content (AvgIpc) is 3.35. The average molecular weight is 377 g/mol. The van der Waals surface area contributed by atoms with Crippen LogP contribution in [0.1, 0.15) is 31.2 Å². The highest BCUT2D eigenvalue weighted by atomic mass is 16.5. The monoisotopic (exact) mass is 377 g/mol. The molecule has 0 spiro atoms. The van der Waals surface area contributed by atoms with Crippen molar-refractivity contribution in [3.8, 4) is 17.1 Å². The van der Waals surface area contributed by atoms with E-state index in [1.165, 1.54) is 18.4 Å². The molecule has 0 bridgehead atoms. The zero-order valence-corrected chi connectivity index (χ0v) is 16.5. The van der Waals surface area contributed by atoms with Gasteiger partial charge in [-0.15, -0.1) is 0 Å². The summed E-state index contributed by atoms with van der Waals surface area (Å²) < 4.78 is 12.0. The molecule has 1 aromatic heterocycles. The Kier molecular flexibility index (Phi) is 5.63. The lowest BCUT2D eigenvalue weighted by Gasteiger charge is -2.13. The van der Waals surface area contributed by atoms with Crippen molar-refractivity contribution in [3.05, 3.63) is 60.3 Å². The van der Waals surface area contributed by atoms with Gasteiger partial charge < -0.3 is 19.4 Å². The molecule has 1 aliphatic carbocycles. The number of benzene rings is 2. The molecule has 146 valence electrons. The Balaban J connectivity index is 1.42. The summed E-state index contributed by atoms with van der Waals surface area (Å²) in [4.78, 5) is 6.51. The summed E-state index contributed by atoms with van der Waals surface area (Å²) in [6.07, 6.45) is 6.91. The van der Waals surface area contributed by atoms with Crippen molar-refractivity contribution >= 4 is 11.7 Å². The van der Waals surface area contributed by atoms with Crippen molar-refractivity contribution in [2.75, 3.05) is 19.4 Å². The molecule has 4 rings (SSSR count). The van der Waals surface area contributed by atoms with Crippen LogP contribution in [0.3, 0.4) is 0 Å². The molecule has 1 saturated carbocycles. The molecule has 0 aliphatic heterocycles. The third-order valence-electron chi connectivity index (χ3n) is 4.93. The van der Waals surface area contributed by atoms with Crippen LogP contribution >= 0.6 is 0 Å². The molecule has 3 aromatic rings. The number of hydrogen-bond donors (Lipinski definition) is 1. The topological polar surface area (TPSA) is 50.5 Å². The van der Waals surface area contributed by atoms with Crippen molar-refractivity contribution in [3.63, 3.8) is 0 Å². The Bertz CT molecular complexity index is 896. The second-order valence-electron chi connectivity index (χ2n) is 7.64. The van der Waals surface area contributed by atoms with Crippen molar-refractivity contribution in [2.24, 2.45) is 0 Å². The van der Waals surface area contributed by atoms with Crippen LogP contribution in [-0.2, 0) is 6.54 Å². The molecule has 1 aliphatic rings. The van der Waals surface area contributed by atoms with Gasteiger partial charge in [0.1, 0.15) is 5.75 Å². The van der Waals surface area contributed by atoms with Gasteiger partial charge in [0.05, 0.1) is 12.3 Å². The molecule has 5 nitrogen and oxygen atoms in total. The van der Waals surface area contributed by atoms with Gasteiger partial charge in [-0.2, -0.15) is 0 Å². The number of nitrogens with zero attached hydrogens (tertiary/aromatic N) is 2. The minimum absolute atomic E-state index is 0.345. The van der Waals surface area contributed by atoms with Crippen molar-refractivity contribution < 1.29 is 9.15 Å². The highest BCUT2D eigenvalue weighted by molar-refractivity contribution is 5.61. The maximum absolute atomic E-state index is 6.10. The fourth-order valence-electron chi connectivity index (χ4n) is 3.57. The molecular weight excluding hydrogens is 350 g/mol. The number of oxazole rings is 1. The maximum Gasteiger partial charge on any atom is 0.299 e. The first-order chi connectivity index (χ1) is 13.7. The van der Waals surface area contributed by atoms with Gasteiger partial charge in [0, 0.05) is 17.8 Å². The SMILES string of the molecule is CN(C)Cc1ccc(Nc2ncc(-c3cccc(OC4CCCC4)c3)o2)cc1. The molecule has 0 amide bonds. The number of rotatable bonds is 7. The minimum Gasteiger partial charge on any atom is -0.490 e. The zero-order chi connectivity index (χ0) is 19.3. The largest absolute Gasteiger partial charge is 0.490 e. The van der Waals surface area contributed by atoms with E-state index in [0.29, 0.717) is 12.1 Å². The van der Waals surface area contributed by atoms with Gasteiger partial charge >= 0.3 is 0 Å². The summed E-state index contributed by atoms with van der Waals surface area (Å²) in [5, 5.41) is 3.23. The van der Waals surface area contributed by atoms with Crippen LogP contribution in [0.4, 0.5) is 11.7 Å². The minimum atomic E-state index is 0.345. The van der Waals surface area contributed by atoms with E-state index in [1.807, 2.05) is 36.4 Å². The second-order valence-corrected chi connectivity index (χ2v) is 7.64. The van der Waals surface area contributed by atoms with Crippen LogP contribution in [0.15, 0.2) is 59.1 Å². The summed E-state index contributed by atoms with van der Waals surface area (Å²) in [6.45, 7) is 0.919. The smallest absolute Gasteiger partial charge is 0.299 e. The van der Waals surface area contributed by atoms with Crippen molar-refractivity contribution in [2.45, 2.75) is 38.3 Å². The highest BCUT2D eigenvalue weighted by Crippen LogP contribution is 2.29. The molecule has 1 N–H and O–H groups in total. The van der Waals surface area contributed by atoms with E-state index in [-0.39, 0.29) is 0 Å². The lowest BCUT2D eigenvalue weighted by molar-refractivity contribution is 0.210. The summed E-state index contributed by atoms with van der Waals surface area (Å²) >= 11 is 0. The Morgan fingerprint density at radius 2 is 1.89 bits per heavy atom. The molecule has 0 atom stereocenters. The van der Waals surface area contributed by atoms with E-state index in [4.69, 9.17) is 9.15 Å². The van der Waals surface area contributed by atoms with Crippen LogP contribution in [-0.4, -0.2) is 30.1 Å². The van der Waals surface area contributed by atoms with E-state index in [0.717, 1.165) is 42.1 Å². The van der Waals surface area contributed by atoms with E-state index in [9.17, 15) is 0 Å². The molecule has 5 heteroatoms. The van der Waals surface area contributed by atoms with Crippen molar-refractivity contribution in [1.82, 2.24) is 9.88 Å². The van der Waals surface area contributed by atoms with Gasteiger partial charge in [-0.05, 0) is 69.6 Å². The lowest BCUT2D eigenvalue weighted by Crippen LogP contribution is -2.10. The number of nitrogens with one attached hydrogen (secondary N) is 1. The van der Waals surface area contributed by atoms with Crippen LogP contribution in [0, 0.1) is 0 Å². The van der Waals surface area contributed by atoms with E-state index in [2.05, 4.69) is 41.4 Å². The van der Waals surface area contributed by atoms with E-state index < -0.39 is 0 Å². The Morgan fingerprint density at radius 3 is 2.64 bits per heavy atom. The van der Waals surface area contributed by atoms with Crippen molar-refractivity contribution in [1.29, 1.82) is 0 Å². The van der Waals surface area contributed by atoms with Crippen LogP contribution in [0.25, 0.3) is 11.3 Å². The number of aromatic nitrogens is 1. The Labute approximate surface area is 166 Å². The summed E-state index contributed by atoms with van der Waals surface area (Å²) in [5.41, 5.74) is 3.19. The Morgan fingerprint density at radius 1 is 1.11 bits per heavy atom. The highest BCUT2D eigenvalue weighted by Gasteiger charge is 2.17. The van der Waals surface area contributed by atoms with Crippen LogP contribution < -0.4 is 10.1 Å². The number of ether oxygens (including phenoxy) is 1. The molecule has 0 unspecified atom stereocenters. The van der Waals surface area contributed by atoms with Gasteiger partial charge in [-0.1, -0.05) is 24.3 Å².